The van der Waals surface area contributed by atoms with E-state index in [1.807, 2.05) is 31.2 Å². The van der Waals surface area contributed by atoms with E-state index in [4.69, 9.17) is 0 Å². The molecule has 2 N–H and O–H groups in total. The lowest BCUT2D eigenvalue weighted by Crippen LogP contribution is -2.29. The maximum absolute atomic E-state index is 12.4. The predicted molar refractivity (Wildman–Crippen MR) is 108 cm³/mol. The number of carbonyl (C=O) groups excluding carboxylic acids is 2. The molecule has 0 aliphatic carbocycles. The van der Waals surface area contributed by atoms with Crippen LogP contribution < -0.4 is 16.2 Å². The molecule has 0 saturated carbocycles. The Labute approximate surface area is 162 Å². The Balaban J connectivity index is 1.75. The molecule has 0 aliphatic heterocycles. The van der Waals surface area contributed by atoms with E-state index in [1.54, 1.807) is 30.3 Å². The van der Waals surface area contributed by atoms with E-state index in [1.165, 1.54) is 13.0 Å². The molecule has 7 heteroatoms. The number of aryl methyl sites for hydroxylation is 1. The van der Waals surface area contributed by atoms with E-state index < -0.39 is 5.91 Å². The summed E-state index contributed by atoms with van der Waals surface area (Å²) >= 11 is 0. The number of amides is 2. The van der Waals surface area contributed by atoms with Crippen LogP contribution in [-0.4, -0.2) is 21.6 Å². The van der Waals surface area contributed by atoms with Crippen LogP contribution in [0.2, 0.25) is 0 Å². The van der Waals surface area contributed by atoms with Crippen LogP contribution in [0.25, 0.3) is 11.3 Å². The van der Waals surface area contributed by atoms with Crippen molar-refractivity contribution in [3.63, 3.8) is 0 Å². The summed E-state index contributed by atoms with van der Waals surface area (Å²) in [4.78, 5) is 35.6. The summed E-state index contributed by atoms with van der Waals surface area (Å²) in [5, 5.41) is 9.65. The minimum absolute atomic E-state index is 0.202. The molecule has 0 radical (unpaired) electrons. The normalized spacial score (nSPS) is 10.4. The highest BCUT2D eigenvalue weighted by Gasteiger charge is 2.09. The lowest BCUT2D eigenvalue weighted by atomic mass is 10.1. The Morgan fingerprint density at radius 1 is 0.964 bits per heavy atom. The molecule has 1 heterocycles. The highest BCUT2D eigenvalue weighted by molar-refractivity contribution is 5.93. The topological polar surface area (TPSA) is 93.1 Å². The van der Waals surface area contributed by atoms with E-state index in [-0.39, 0.29) is 18.0 Å². The van der Waals surface area contributed by atoms with Crippen LogP contribution in [0.3, 0.4) is 0 Å². The Morgan fingerprint density at radius 3 is 2.32 bits per heavy atom. The number of aromatic nitrogens is 2. The molecule has 0 bridgehead atoms. The van der Waals surface area contributed by atoms with Crippen molar-refractivity contribution in [1.29, 1.82) is 0 Å². The van der Waals surface area contributed by atoms with Crippen molar-refractivity contribution in [3.8, 4) is 11.3 Å². The van der Waals surface area contributed by atoms with Gasteiger partial charge in [0.2, 0.25) is 11.8 Å². The molecule has 0 aliphatic rings. The molecular formula is C21H20N4O3. The van der Waals surface area contributed by atoms with Crippen molar-refractivity contribution in [1.82, 2.24) is 9.78 Å². The first-order valence-corrected chi connectivity index (χ1v) is 8.73. The molecule has 3 rings (SSSR count). The zero-order valence-electron chi connectivity index (χ0n) is 15.6. The number of rotatable bonds is 5. The number of nitrogens with zero attached hydrogens (tertiary/aromatic N) is 2. The van der Waals surface area contributed by atoms with E-state index in [9.17, 15) is 14.4 Å². The van der Waals surface area contributed by atoms with Gasteiger partial charge >= 0.3 is 0 Å². The van der Waals surface area contributed by atoms with Gasteiger partial charge in [0.05, 0.1) is 5.69 Å². The standard InChI is InChI=1S/C21H20N4O3/c1-14-6-8-16(9-7-14)19-10-11-21(28)25(24-19)13-20(27)23-18-5-3-4-17(12-18)22-15(2)26/h3-12H,13H2,1-2H3,(H,22,26)(H,23,27). The van der Waals surface area contributed by atoms with Gasteiger partial charge in [0.25, 0.3) is 5.56 Å². The predicted octanol–water partition coefficient (Wildman–Crippen LogP) is 2.82. The van der Waals surface area contributed by atoms with Crippen LogP contribution in [0.5, 0.6) is 0 Å². The van der Waals surface area contributed by atoms with Crippen molar-refractivity contribution >= 4 is 23.2 Å². The zero-order chi connectivity index (χ0) is 20.1. The molecule has 0 spiro atoms. The fourth-order valence-corrected chi connectivity index (χ4v) is 2.65. The Kier molecular flexibility index (Phi) is 5.64. The fraction of sp³-hybridized carbons (Fsp3) is 0.143. The first kappa shape index (κ1) is 19.0. The van der Waals surface area contributed by atoms with Gasteiger partial charge in [-0.25, -0.2) is 4.68 Å². The Hall–Kier alpha value is -3.74. The lowest BCUT2D eigenvalue weighted by molar-refractivity contribution is -0.117. The van der Waals surface area contributed by atoms with Crippen LogP contribution in [0.1, 0.15) is 12.5 Å². The van der Waals surface area contributed by atoms with Crippen LogP contribution in [-0.2, 0) is 16.1 Å². The van der Waals surface area contributed by atoms with E-state index in [0.717, 1.165) is 15.8 Å². The fourth-order valence-electron chi connectivity index (χ4n) is 2.65. The second-order valence-electron chi connectivity index (χ2n) is 6.39. The number of anilines is 2. The maximum atomic E-state index is 12.4. The minimum Gasteiger partial charge on any atom is -0.326 e. The Morgan fingerprint density at radius 2 is 1.64 bits per heavy atom. The largest absolute Gasteiger partial charge is 0.326 e. The molecule has 0 unspecified atom stereocenters. The van der Waals surface area contributed by atoms with Gasteiger partial charge in [-0.05, 0) is 31.2 Å². The van der Waals surface area contributed by atoms with Crippen LogP contribution in [0, 0.1) is 6.92 Å². The quantitative estimate of drug-likeness (QED) is 0.716. The van der Waals surface area contributed by atoms with Gasteiger partial charge in [-0.1, -0.05) is 35.9 Å². The zero-order valence-corrected chi connectivity index (χ0v) is 15.6. The van der Waals surface area contributed by atoms with Crippen LogP contribution >= 0.6 is 0 Å². The van der Waals surface area contributed by atoms with Crippen molar-refractivity contribution in [2.75, 3.05) is 10.6 Å². The third-order valence-electron chi connectivity index (χ3n) is 3.97. The van der Waals surface area contributed by atoms with Gasteiger partial charge in [-0.15, -0.1) is 0 Å². The van der Waals surface area contributed by atoms with Crippen LogP contribution in [0.15, 0.2) is 65.5 Å². The average molecular weight is 376 g/mol. The maximum Gasteiger partial charge on any atom is 0.267 e. The minimum atomic E-state index is -0.393. The molecule has 0 atom stereocenters. The Bertz CT molecular complexity index is 1070. The first-order valence-electron chi connectivity index (χ1n) is 8.73. The van der Waals surface area contributed by atoms with Crippen molar-refractivity contribution in [3.05, 3.63) is 76.6 Å². The van der Waals surface area contributed by atoms with Gasteiger partial charge in [-0.3, -0.25) is 14.4 Å². The van der Waals surface area contributed by atoms with Crippen molar-refractivity contribution in [2.24, 2.45) is 0 Å². The summed E-state index contributed by atoms with van der Waals surface area (Å²) in [7, 11) is 0. The molecule has 7 nitrogen and oxygen atoms in total. The average Bonchev–Trinajstić information content (AvgIpc) is 2.64. The number of hydrogen-bond acceptors (Lipinski definition) is 4. The molecule has 28 heavy (non-hydrogen) atoms. The van der Waals surface area contributed by atoms with E-state index in [2.05, 4.69) is 15.7 Å². The molecule has 3 aromatic rings. The highest BCUT2D eigenvalue weighted by atomic mass is 16.2. The summed E-state index contributed by atoms with van der Waals surface area (Å²) in [6, 6.07) is 17.5. The second-order valence-corrected chi connectivity index (χ2v) is 6.39. The molecule has 0 saturated heterocycles. The van der Waals surface area contributed by atoms with Gasteiger partial charge in [-0.2, -0.15) is 5.10 Å². The smallest absolute Gasteiger partial charge is 0.267 e. The molecule has 1 aromatic heterocycles. The first-order chi connectivity index (χ1) is 13.4. The SMILES string of the molecule is CC(=O)Nc1cccc(NC(=O)Cn2nc(-c3ccc(C)cc3)ccc2=O)c1. The molecule has 0 fully saturated rings. The lowest BCUT2D eigenvalue weighted by Gasteiger charge is -2.10. The van der Waals surface area contributed by atoms with Gasteiger partial charge < -0.3 is 10.6 Å². The molecule has 2 aromatic carbocycles. The van der Waals surface area contributed by atoms with Gasteiger partial charge in [0.15, 0.2) is 0 Å². The van der Waals surface area contributed by atoms with Gasteiger partial charge in [0, 0.05) is 29.9 Å². The number of nitrogens with one attached hydrogen (secondary N) is 2. The molecule has 142 valence electrons. The van der Waals surface area contributed by atoms with E-state index in [0.29, 0.717) is 17.1 Å². The highest BCUT2D eigenvalue weighted by Crippen LogP contribution is 2.17. The van der Waals surface area contributed by atoms with Crippen LogP contribution in [0.4, 0.5) is 11.4 Å². The summed E-state index contributed by atoms with van der Waals surface area (Å²) in [6.45, 7) is 3.18. The second kappa shape index (κ2) is 8.30. The third-order valence-corrected chi connectivity index (χ3v) is 3.97. The third kappa shape index (κ3) is 4.91. The van der Waals surface area contributed by atoms with Crippen molar-refractivity contribution in [2.45, 2.75) is 20.4 Å². The summed E-state index contributed by atoms with van der Waals surface area (Å²) in [5.74, 6) is -0.595. The molecule has 2 amide bonds. The number of benzene rings is 2. The number of hydrogen-bond donors (Lipinski definition) is 2. The van der Waals surface area contributed by atoms with Gasteiger partial charge in [0.1, 0.15) is 6.54 Å². The number of carbonyl (C=O) groups is 2. The van der Waals surface area contributed by atoms with E-state index >= 15 is 0 Å². The monoisotopic (exact) mass is 376 g/mol. The summed E-state index contributed by atoms with van der Waals surface area (Å²) in [6.07, 6.45) is 0. The van der Waals surface area contributed by atoms with Crippen molar-refractivity contribution < 1.29 is 9.59 Å². The molecular weight excluding hydrogens is 356 g/mol. The summed E-state index contributed by atoms with van der Waals surface area (Å²) in [5.41, 5.74) is 3.32. The summed E-state index contributed by atoms with van der Waals surface area (Å²) < 4.78 is 1.13.